The fraction of sp³-hybridized carbons (Fsp3) is 0.808. The van der Waals surface area contributed by atoms with Crippen molar-refractivity contribution in [3.05, 3.63) is 23.3 Å². The van der Waals surface area contributed by atoms with Gasteiger partial charge in [-0.2, -0.15) is 0 Å². The van der Waals surface area contributed by atoms with Crippen LogP contribution >= 0.6 is 0 Å². The highest BCUT2D eigenvalue weighted by Crippen LogP contribution is 2.66. The molecule has 4 aliphatic carbocycles. The summed E-state index contributed by atoms with van der Waals surface area (Å²) in [5, 5.41) is 11.5. The van der Waals surface area contributed by atoms with Crippen molar-refractivity contribution in [2.45, 2.75) is 85.2 Å². The Hall–Kier alpha value is -1.09. The van der Waals surface area contributed by atoms with Gasteiger partial charge in [0.25, 0.3) is 0 Å². The summed E-state index contributed by atoms with van der Waals surface area (Å²) < 4.78 is 4.85. The quantitative estimate of drug-likeness (QED) is 0.617. The highest BCUT2D eigenvalue weighted by atomic mass is 16.5. The molecule has 1 N–H and O–H groups in total. The number of esters is 1. The zero-order valence-corrected chi connectivity index (χ0v) is 19.0. The Balaban J connectivity index is 1.60. The van der Waals surface area contributed by atoms with Crippen molar-refractivity contribution in [1.29, 1.82) is 0 Å². The van der Waals surface area contributed by atoms with Gasteiger partial charge in [0.2, 0.25) is 0 Å². The van der Waals surface area contributed by atoms with Gasteiger partial charge in [-0.15, -0.1) is 0 Å². The van der Waals surface area contributed by atoms with Gasteiger partial charge in [0, 0.05) is 11.8 Å². The number of hydrogen-bond acceptors (Lipinski definition) is 3. The topological polar surface area (TPSA) is 46.5 Å². The number of hydrogen-bond donors (Lipinski definition) is 1. The molecule has 0 aromatic heterocycles. The van der Waals surface area contributed by atoms with Crippen molar-refractivity contribution in [2.24, 2.45) is 40.4 Å². The smallest absolute Gasteiger partial charge is 0.305 e. The number of allylic oxidation sites excluding steroid dienone is 4. The van der Waals surface area contributed by atoms with Crippen LogP contribution < -0.4 is 0 Å². The molecule has 3 fully saturated rings. The summed E-state index contributed by atoms with van der Waals surface area (Å²) in [6, 6.07) is 0. The Morgan fingerprint density at radius 3 is 2.72 bits per heavy atom. The van der Waals surface area contributed by atoms with Crippen LogP contribution in [0.5, 0.6) is 0 Å². The van der Waals surface area contributed by atoms with E-state index >= 15 is 0 Å². The minimum Gasteiger partial charge on any atom is -0.469 e. The van der Waals surface area contributed by atoms with Gasteiger partial charge < -0.3 is 9.84 Å². The van der Waals surface area contributed by atoms with Gasteiger partial charge in [-0.3, -0.25) is 4.79 Å². The number of methoxy groups -OCH3 is 1. The molecular weight excluding hydrogens is 360 g/mol. The standard InChI is InChI=1S/C26H40O3/c1-16-12-13-25(3)18(14-16)7-8-19-21-10-9-20(17(2)6-11-24(28)29-5)26(21,4)23(27)15-22(19)25/h7-8,16-17,20-23,27H,6,9-15H2,1-5H3/t16-,17+,20?,21?,22-,23-,25-,26?/m0/s1. The molecule has 0 heterocycles. The molecule has 3 unspecified atom stereocenters. The molecule has 3 saturated carbocycles. The first-order valence-corrected chi connectivity index (χ1v) is 11.9. The summed E-state index contributed by atoms with van der Waals surface area (Å²) in [6.45, 7) is 9.47. The maximum absolute atomic E-state index is 11.7. The second-order valence-electron chi connectivity index (χ2n) is 11.1. The van der Waals surface area contributed by atoms with E-state index in [0.29, 0.717) is 30.1 Å². The van der Waals surface area contributed by atoms with E-state index in [-0.39, 0.29) is 22.9 Å². The van der Waals surface area contributed by atoms with E-state index in [9.17, 15) is 9.90 Å². The maximum Gasteiger partial charge on any atom is 0.305 e. The van der Waals surface area contributed by atoms with Crippen molar-refractivity contribution in [1.82, 2.24) is 0 Å². The lowest BCUT2D eigenvalue weighted by molar-refractivity contribution is -0.141. The summed E-state index contributed by atoms with van der Waals surface area (Å²) in [4.78, 5) is 11.7. The van der Waals surface area contributed by atoms with Gasteiger partial charge in [-0.25, -0.2) is 0 Å². The van der Waals surface area contributed by atoms with E-state index < -0.39 is 0 Å². The fourth-order valence-corrected chi connectivity index (χ4v) is 7.77. The molecule has 0 saturated heterocycles. The number of carbonyl (C=O) groups is 1. The Bertz CT molecular complexity index is 721. The summed E-state index contributed by atoms with van der Waals surface area (Å²) in [7, 11) is 1.47. The highest BCUT2D eigenvalue weighted by molar-refractivity contribution is 5.69. The van der Waals surface area contributed by atoms with Gasteiger partial charge >= 0.3 is 5.97 Å². The summed E-state index contributed by atoms with van der Waals surface area (Å²) in [5.74, 6) is 2.56. The summed E-state index contributed by atoms with van der Waals surface area (Å²) in [6.07, 6.45) is 13.0. The largest absolute Gasteiger partial charge is 0.469 e. The average molecular weight is 401 g/mol. The first kappa shape index (κ1) is 21.2. The van der Waals surface area contributed by atoms with Crippen LogP contribution in [-0.4, -0.2) is 24.3 Å². The van der Waals surface area contributed by atoms with Crippen LogP contribution in [0.15, 0.2) is 23.3 Å². The molecule has 29 heavy (non-hydrogen) atoms. The van der Waals surface area contributed by atoms with Crippen molar-refractivity contribution >= 4 is 5.97 Å². The normalized spacial score (nSPS) is 44.7. The fourth-order valence-electron chi connectivity index (χ4n) is 7.77. The average Bonchev–Trinajstić information content (AvgIpc) is 3.06. The lowest BCUT2D eigenvalue weighted by Crippen LogP contribution is -2.53. The number of fused-ring (bicyclic) bond motifs is 5. The van der Waals surface area contributed by atoms with Gasteiger partial charge in [-0.05, 0) is 80.0 Å². The molecule has 0 aliphatic heterocycles. The highest BCUT2D eigenvalue weighted by Gasteiger charge is 2.60. The predicted molar refractivity (Wildman–Crippen MR) is 116 cm³/mol. The van der Waals surface area contributed by atoms with Gasteiger partial charge in [-0.1, -0.05) is 51.0 Å². The lowest BCUT2D eigenvalue weighted by atomic mass is 9.48. The Morgan fingerprint density at radius 1 is 1.24 bits per heavy atom. The van der Waals surface area contributed by atoms with Crippen LogP contribution in [0.3, 0.4) is 0 Å². The molecule has 0 aromatic carbocycles. The van der Waals surface area contributed by atoms with Crippen LogP contribution in [0, 0.1) is 40.4 Å². The minimum atomic E-state index is -0.252. The predicted octanol–water partition coefficient (Wildman–Crippen LogP) is 5.68. The molecule has 0 spiro atoms. The SMILES string of the molecule is COC(=O)CC[C@@H](C)C1CCC2C3=CC=C4C[C@@H](C)CC[C@]4(C)[C@H]3C[C@H](O)C21C. The Kier molecular flexibility index (Phi) is 5.51. The number of rotatable bonds is 4. The molecule has 3 heteroatoms. The molecular formula is C26H40O3. The third-order valence-corrected chi connectivity index (χ3v) is 9.72. The Morgan fingerprint density at radius 2 is 2.00 bits per heavy atom. The molecule has 0 aromatic rings. The van der Waals surface area contributed by atoms with E-state index in [1.165, 1.54) is 32.8 Å². The van der Waals surface area contributed by atoms with Crippen molar-refractivity contribution in [3.8, 4) is 0 Å². The Labute approximate surface area is 177 Å². The van der Waals surface area contributed by atoms with Crippen LogP contribution in [0.25, 0.3) is 0 Å². The second-order valence-corrected chi connectivity index (χ2v) is 11.1. The maximum atomic E-state index is 11.7. The van der Waals surface area contributed by atoms with Crippen molar-refractivity contribution in [2.75, 3.05) is 7.11 Å². The van der Waals surface area contributed by atoms with Crippen LogP contribution in [0.2, 0.25) is 0 Å². The molecule has 3 nitrogen and oxygen atoms in total. The molecule has 4 aliphatic rings. The zero-order valence-electron chi connectivity index (χ0n) is 19.0. The van der Waals surface area contributed by atoms with Crippen molar-refractivity contribution < 1.29 is 14.6 Å². The molecule has 162 valence electrons. The monoisotopic (exact) mass is 400 g/mol. The van der Waals surface area contributed by atoms with E-state index in [2.05, 4.69) is 39.8 Å². The van der Waals surface area contributed by atoms with Crippen molar-refractivity contribution in [3.63, 3.8) is 0 Å². The molecule has 0 bridgehead atoms. The number of carbonyl (C=O) groups excluding carboxylic acids is 1. The van der Waals surface area contributed by atoms with Crippen LogP contribution in [0.4, 0.5) is 0 Å². The third-order valence-electron chi connectivity index (χ3n) is 9.72. The first-order valence-electron chi connectivity index (χ1n) is 11.9. The second kappa shape index (κ2) is 7.55. The molecule has 4 rings (SSSR count). The first-order chi connectivity index (χ1) is 13.7. The molecule has 8 atom stereocenters. The van der Waals surface area contributed by atoms with Crippen LogP contribution in [-0.2, 0) is 9.53 Å². The summed E-state index contributed by atoms with van der Waals surface area (Å²) >= 11 is 0. The van der Waals surface area contributed by atoms with E-state index in [0.717, 1.165) is 25.2 Å². The molecule has 0 radical (unpaired) electrons. The number of aliphatic hydroxyl groups excluding tert-OH is 1. The van der Waals surface area contributed by atoms with E-state index in [1.807, 2.05) is 0 Å². The van der Waals surface area contributed by atoms with E-state index in [4.69, 9.17) is 4.74 Å². The van der Waals surface area contributed by atoms with Gasteiger partial charge in [0.05, 0.1) is 13.2 Å². The van der Waals surface area contributed by atoms with Gasteiger partial charge in [0.15, 0.2) is 0 Å². The number of ether oxygens (including phenoxy) is 1. The number of aliphatic hydroxyl groups is 1. The zero-order chi connectivity index (χ0) is 21.0. The lowest BCUT2D eigenvalue weighted by Gasteiger charge is -2.57. The van der Waals surface area contributed by atoms with Gasteiger partial charge in [0.1, 0.15) is 0 Å². The molecule has 0 amide bonds. The third kappa shape index (κ3) is 3.23. The van der Waals surface area contributed by atoms with E-state index in [1.54, 1.807) is 11.1 Å². The van der Waals surface area contributed by atoms with Crippen LogP contribution in [0.1, 0.15) is 79.1 Å². The summed E-state index contributed by atoms with van der Waals surface area (Å²) in [5.41, 5.74) is 3.43. The minimum absolute atomic E-state index is 0.0679.